The lowest BCUT2D eigenvalue weighted by molar-refractivity contribution is 0.274. The molecular formula is C15H22ClFN2. The van der Waals surface area contributed by atoms with Gasteiger partial charge in [-0.15, -0.1) is 0 Å². The maximum Gasteiger partial charge on any atom is 0.143 e. The summed E-state index contributed by atoms with van der Waals surface area (Å²) in [6, 6.07) is 2.84. The highest BCUT2D eigenvalue weighted by Crippen LogP contribution is 2.31. The van der Waals surface area contributed by atoms with Crippen LogP contribution in [-0.4, -0.2) is 6.54 Å². The van der Waals surface area contributed by atoms with E-state index in [2.05, 4.69) is 12.2 Å². The largest absolute Gasteiger partial charge is 0.397 e. The molecule has 1 aromatic rings. The molecule has 0 saturated heterocycles. The van der Waals surface area contributed by atoms with Gasteiger partial charge in [-0.25, -0.2) is 4.39 Å². The second-order valence-electron chi connectivity index (χ2n) is 5.71. The summed E-state index contributed by atoms with van der Waals surface area (Å²) in [5.74, 6) is 1.20. The monoisotopic (exact) mass is 284 g/mol. The van der Waals surface area contributed by atoms with Gasteiger partial charge < -0.3 is 11.1 Å². The third kappa shape index (κ3) is 4.00. The summed E-state index contributed by atoms with van der Waals surface area (Å²) < 4.78 is 13.4. The Morgan fingerprint density at radius 2 is 2.21 bits per heavy atom. The second-order valence-corrected chi connectivity index (χ2v) is 6.11. The van der Waals surface area contributed by atoms with Crippen molar-refractivity contribution in [1.82, 2.24) is 0 Å². The Labute approximate surface area is 119 Å². The van der Waals surface area contributed by atoms with Crippen LogP contribution in [0.5, 0.6) is 0 Å². The average Bonchev–Trinajstić information content (AvgIpc) is 2.35. The van der Waals surface area contributed by atoms with Gasteiger partial charge in [-0.3, -0.25) is 0 Å². The van der Waals surface area contributed by atoms with E-state index in [0.29, 0.717) is 11.4 Å². The molecule has 106 valence electrons. The van der Waals surface area contributed by atoms with E-state index in [4.69, 9.17) is 17.3 Å². The van der Waals surface area contributed by atoms with Crippen LogP contribution in [0.2, 0.25) is 5.02 Å². The van der Waals surface area contributed by atoms with Crippen molar-refractivity contribution in [3.8, 4) is 0 Å². The molecule has 2 rings (SSSR count). The molecule has 1 aromatic carbocycles. The minimum Gasteiger partial charge on any atom is -0.397 e. The lowest BCUT2D eigenvalue weighted by Crippen LogP contribution is -2.17. The molecule has 19 heavy (non-hydrogen) atoms. The molecule has 2 atom stereocenters. The van der Waals surface area contributed by atoms with Gasteiger partial charge in [0.2, 0.25) is 0 Å². The molecule has 2 unspecified atom stereocenters. The number of anilines is 2. The van der Waals surface area contributed by atoms with E-state index in [-0.39, 0.29) is 5.02 Å². The van der Waals surface area contributed by atoms with E-state index in [0.717, 1.165) is 24.8 Å². The third-order valence-corrected chi connectivity index (χ3v) is 4.30. The number of rotatable bonds is 4. The first-order valence-electron chi connectivity index (χ1n) is 7.04. The smallest absolute Gasteiger partial charge is 0.143 e. The molecule has 2 nitrogen and oxygen atoms in total. The average molecular weight is 285 g/mol. The predicted octanol–water partition coefficient (Wildman–Crippen LogP) is 4.69. The number of nitrogens with one attached hydrogen (secondary N) is 1. The van der Waals surface area contributed by atoms with Crippen LogP contribution in [0.1, 0.15) is 39.0 Å². The van der Waals surface area contributed by atoms with Crippen molar-refractivity contribution < 1.29 is 4.39 Å². The SMILES string of the molecule is CC1CCCC(CCNc2cc(F)c(Cl)cc2N)C1. The fourth-order valence-electron chi connectivity index (χ4n) is 2.95. The molecular weight excluding hydrogens is 263 g/mol. The van der Waals surface area contributed by atoms with Crippen LogP contribution in [0.3, 0.4) is 0 Å². The Bertz CT molecular complexity index is 436. The van der Waals surface area contributed by atoms with Crippen molar-refractivity contribution in [2.24, 2.45) is 11.8 Å². The quantitative estimate of drug-likeness (QED) is 0.787. The summed E-state index contributed by atoms with van der Waals surface area (Å²) in [5, 5.41) is 3.29. The molecule has 0 spiro atoms. The number of nitrogens with two attached hydrogens (primary N) is 1. The Kier molecular flexibility index (Phi) is 4.92. The first-order valence-corrected chi connectivity index (χ1v) is 7.42. The molecule has 1 fully saturated rings. The minimum absolute atomic E-state index is 0.0733. The molecule has 0 heterocycles. The van der Waals surface area contributed by atoms with Gasteiger partial charge in [0.1, 0.15) is 5.82 Å². The lowest BCUT2D eigenvalue weighted by Gasteiger charge is -2.26. The van der Waals surface area contributed by atoms with Gasteiger partial charge in [-0.1, -0.05) is 37.8 Å². The van der Waals surface area contributed by atoms with Gasteiger partial charge in [-0.05, 0) is 30.7 Å². The molecule has 1 aliphatic carbocycles. The standard InChI is InChI=1S/C15H22ClFN2/c1-10-3-2-4-11(7-10)5-6-19-15-9-13(17)12(16)8-14(15)18/h8-11,19H,2-7,18H2,1H3. The normalized spacial score (nSPS) is 23.3. The molecule has 0 bridgehead atoms. The Hall–Kier alpha value is -0.960. The van der Waals surface area contributed by atoms with E-state index in [1.54, 1.807) is 0 Å². The number of benzene rings is 1. The zero-order chi connectivity index (χ0) is 13.8. The third-order valence-electron chi connectivity index (χ3n) is 4.01. The summed E-state index contributed by atoms with van der Waals surface area (Å²) in [5.41, 5.74) is 6.97. The highest BCUT2D eigenvalue weighted by Gasteiger charge is 2.18. The maximum absolute atomic E-state index is 13.4. The lowest BCUT2D eigenvalue weighted by atomic mass is 9.81. The molecule has 4 heteroatoms. The zero-order valence-corrected chi connectivity index (χ0v) is 12.1. The molecule has 3 N–H and O–H groups in total. The summed E-state index contributed by atoms with van der Waals surface area (Å²) in [6.45, 7) is 3.16. The first kappa shape index (κ1) is 14.4. The summed E-state index contributed by atoms with van der Waals surface area (Å²) in [4.78, 5) is 0. The summed E-state index contributed by atoms with van der Waals surface area (Å²) in [6.07, 6.45) is 6.44. The van der Waals surface area contributed by atoms with Crippen molar-refractivity contribution in [2.75, 3.05) is 17.6 Å². The highest BCUT2D eigenvalue weighted by molar-refractivity contribution is 6.31. The summed E-state index contributed by atoms with van der Waals surface area (Å²) in [7, 11) is 0. The van der Waals surface area contributed by atoms with Crippen LogP contribution in [-0.2, 0) is 0 Å². The van der Waals surface area contributed by atoms with Crippen LogP contribution < -0.4 is 11.1 Å². The van der Waals surface area contributed by atoms with Crippen molar-refractivity contribution in [1.29, 1.82) is 0 Å². The van der Waals surface area contributed by atoms with E-state index in [1.165, 1.54) is 37.8 Å². The van der Waals surface area contributed by atoms with Gasteiger partial charge in [0.15, 0.2) is 0 Å². The van der Waals surface area contributed by atoms with Crippen LogP contribution in [0.4, 0.5) is 15.8 Å². The molecule has 0 radical (unpaired) electrons. The molecule has 1 saturated carbocycles. The van der Waals surface area contributed by atoms with Crippen molar-refractivity contribution >= 4 is 23.0 Å². The Balaban J connectivity index is 1.84. The molecule has 0 amide bonds. The zero-order valence-electron chi connectivity index (χ0n) is 11.4. The van der Waals surface area contributed by atoms with Gasteiger partial charge >= 0.3 is 0 Å². The van der Waals surface area contributed by atoms with Gasteiger partial charge in [0, 0.05) is 12.6 Å². The van der Waals surface area contributed by atoms with Crippen molar-refractivity contribution in [3.63, 3.8) is 0 Å². The molecule has 0 aliphatic heterocycles. The van der Waals surface area contributed by atoms with E-state index < -0.39 is 5.82 Å². The highest BCUT2D eigenvalue weighted by atomic mass is 35.5. The fourth-order valence-corrected chi connectivity index (χ4v) is 3.12. The fraction of sp³-hybridized carbons (Fsp3) is 0.600. The summed E-state index contributed by atoms with van der Waals surface area (Å²) >= 11 is 5.67. The van der Waals surface area contributed by atoms with Crippen LogP contribution >= 0.6 is 11.6 Å². The van der Waals surface area contributed by atoms with E-state index in [1.807, 2.05) is 0 Å². The first-order chi connectivity index (χ1) is 9.06. The molecule has 1 aliphatic rings. The van der Waals surface area contributed by atoms with E-state index in [9.17, 15) is 4.39 Å². The molecule has 0 aromatic heterocycles. The van der Waals surface area contributed by atoms with Crippen molar-refractivity contribution in [3.05, 3.63) is 23.0 Å². The van der Waals surface area contributed by atoms with Crippen LogP contribution in [0.25, 0.3) is 0 Å². The Morgan fingerprint density at radius 3 is 2.95 bits per heavy atom. The van der Waals surface area contributed by atoms with Crippen LogP contribution in [0.15, 0.2) is 12.1 Å². The van der Waals surface area contributed by atoms with Crippen molar-refractivity contribution in [2.45, 2.75) is 39.0 Å². The minimum atomic E-state index is -0.426. The number of halogens is 2. The Morgan fingerprint density at radius 1 is 1.42 bits per heavy atom. The van der Waals surface area contributed by atoms with Gasteiger partial charge in [0.25, 0.3) is 0 Å². The van der Waals surface area contributed by atoms with Crippen LogP contribution in [0, 0.1) is 17.7 Å². The number of hydrogen-bond acceptors (Lipinski definition) is 2. The topological polar surface area (TPSA) is 38.0 Å². The van der Waals surface area contributed by atoms with Gasteiger partial charge in [0.05, 0.1) is 16.4 Å². The number of hydrogen-bond donors (Lipinski definition) is 2. The van der Waals surface area contributed by atoms with Gasteiger partial charge in [-0.2, -0.15) is 0 Å². The number of nitrogen functional groups attached to an aromatic ring is 1. The predicted molar refractivity (Wildman–Crippen MR) is 80.1 cm³/mol. The second kappa shape index (κ2) is 6.47. The van der Waals surface area contributed by atoms with E-state index >= 15 is 0 Å². The maximum atomic E-state index is 13.4.